The standard InChI is InChI=1S/C24H21N3O3S/c1-2-29-19-9-11-20(12-10-19)30-22-8-4-3-7-21(22)27-23(28)14-18-16-31-24(26-18)17-6-5-13-25-15-17/h3-13,15-16H,2,14H2,1H3,(H,27,28). The molecule has 0 atom stereocenters. The van der Waals surface area contributed by atoms with Crippen LogP contribution in [0.1, 0.15) is 12.6 Å². The number of anilines is 1. The van der Waals surface area contributed by atoms with E-state index < -0.39 is 0 Å². The van der Waals surface area contributed by atoms with Crippen LogP contribution in [0.25, 0.3) is 10.6 Å². The summed E-state index contributed by atoms with van der Waals surface area (Å²) in [6.45, 7) is 2.55. The highest BCUT2D eigenvalue weighted by Gasteiger charge is 2.12. The number of pyridine rings is 1. The molecule has 4 aromatic rings. The highest BCUT2D eigenvalue weighted by atomic mass is 32.1. The van der Waals surface area contributed by atoms with Crippen molar-refractivity contribution in [3.8, 4) is 27.8 Å². The lowest BCUT2D eigenvalue weighted by molar-refractivity contribution is -0.115. The third-order valence-corrected chi connectivity index (χ3v) is 5.27. The van der Waals surface area contributed by atoms with Gasteiger partial charge in [-0.3, -0.25) is 9.78 Å². The number of amides is 1. The zero-order valence-electron chi connectivity index (χ0n) is 16.9. The van der Waals surface area contributed by atoms with Gasteiger partial charge in [0.1, 0.15) is 16.5 Å². The minimum atomic E-state index is -0.161. The number of nitrogens with zero attached hydrogens (tertiary/aromatic N) is 2. The number of benzene rings is 2. The molecule has 0 radical (unpaired) electrons. The molecule has 1 amide bonds. The Labute approximate surface area is 184 Å². The van der Waals surface area contributed by atoms with Gasteiger partial charge in [0.2, 0.25) is 5.91 Å². The van der Waals surface area contributed by atoms with Gasteiger partial charge in [0, 0.05) is 23.3 Å². The molecule has 2 aromatic heterocycles. The minimum absolute atomic E-state index is 0.161. The molecular weight excluding hydrogens is 410 g/mol. The topological polar surface area (TPSA) is 73.3 Å². The van der Waals surface area contributed by atoms with E-state index in [4.69, 9.17) is 9.47 Å². The van der Waals surface area contributed by atoms with E-state index >= 15 is 0 Å². The Balaban J connectivity index is 1.41. The van der Waals surface area contributed by atoms with Gasteiger partial charge in [-0.15, -0.1) is 11.3 Å². The molecule has 4 rings (SSSR count). The van der Waals surface area contributed by atoms with Crippen molar-refractivity contribution in [2.45, 2.75) is 13.3 Å². The van der Waals surface area contributed by atoms with Gasteiger partial charge in [-0.05, 0) is 55.5 Å². The molecule has 0 spiro atoms. The van der Waals surface area contributed by atoms with Crippen LogP contribution in [0.2, 0.25) is 0 Å². The Morgan fingerprint density at radius 1 is 1.03 bits per heavy atom. The summed E-state index contributed by atoms with van der Waals surface area (Å²) >= 11 is 1.49. The van der Waals surface area contributed by atoms with Crippen LogP contribution in [-0.2, 0) is 11.2 Å². The van der Waals surface area contributed by atoms with E-state index in [0.29, 0.717) is 29.5 Å². The largest absolute Gasteiger partial charge is 0.494 e. The molecule has 0 unspecified atom stereocenters. The fourth-order valence-corrected chi connectivity index (χ4v) is 3.74. The average Bonchev–Trinajstić information content (AvgIpc) is 3.25. The predicted molar refractivity (Wildman–Crippen MR) is 122 cm³/mol. The van der Waals surface area contributed by atoms with Gasteiger partial charge in [-0.2, -0.15) is 0 Å². The smallest absolute Gasteiger partial charge is 0.230 e. The summed E-state index contributed by atoms with van der Waals surface area (Å²) in [6.07, 6.45) is 3.66. The molecule has 2 heterocycles. The number of hydrogen-bond acceptors (Lipinski definition) is 6. The molecule has 0 aliphatic carbocycles. The van der Waals surface area contributed by atoms with E-state index in [1.165, 1.54) is 11.3 Å². The molecule has 1 N–H and O–H groups in total. The van der Waals surface area contributed by atoms with Gasteiger partial charge in [0.05, 0.1) is 24.4 Å². The normalized spacial score (nSPS) is 10.5. The summed E-state index contributed by atoms with van der Waals surface area (Å²) in [5.74, 6) is 1.84. The number of ether oxygens (including phenoxy) is 2. The van der Waals surface area contributed by atoms with Crippen LogP contribution in [0.15, 0.2) is 78.4 Å². The maximum Gasteiger partial charge on any atom is 0.230 e. The van der Waals surface area contributed by atoms with Crippen molar-refractivity contribution in [3.05, 3.63) is 84.1 Å². The zero-order valence-corrected chi connectivity index (χ0v) is 17.8. The summed E-state index contributed by atoms with van der Waals surface area (Å²) in [6, 6.07) is 18.5. The zero-order chi connectivity index (χ0) is 21.5. The van der Waals surface area contributed by atoms with E-state index in [-0.39, 0.29) is 12.3 Å². The van der Waals surface area contributed by atoms with E-state index in [1.54, 1.807) is 12.4 Å². The SMILES string of the molecule is CCOc1ccc(Oc2ccccc2NC(=O)Cc2csc(-c3cccnc3)n2)cc1. The van der Waals surface area contributed by atoms with Crippen LogP contribution in [0.4, 0.5) is 5.69 Å². The molecule has 0 bridgehead atoms. The molecule has 2 aromatic carbocycles. The first kappa shape index (κ1) is 20.6. The van der Waals surface area contributed by atoms with Crippen molar-refractivity contribution >= 4 is 22.9 Å². The molecule has 6 nitrogen and oxygen atoms in total. The van der Waals surface area contributed by atoms with Gasteiger partial charge >= 0.3 is 0 Å². The second-order valence-corrected chi connectivity index (χ2v) is 7.47. The first-order valence-corrected chi connectivity index (χ1v) is 10.7. The average molecular weight is 432 g/mol. The predicted octanol–water partition coefficient (Wildman–Crippen LogP) is 5.58. The van der Waals surface area contributed by atoms with Crippen LogP contribution in [-0.4, -0.2) is 22.5 Å². The quantitative estimate of drug-likeness (QED) is 0.394. The molecule has 156 valence electrons. The van der Waals surface area contributed by atoms with E-state index in [0.717, 1.165) is 16.3 Å². The summed E-state index contributed by atoms with van der Waals surface area (Å²) in [5.41, 5.74) is 2.25. The molecule has 0 saturated carbocycles. The first-order chi connectivity index (χ1) is 15.2. The fraction of sp³-hybridized carbons (Fsp3) is 0.125. The van der Waals surface area contributed by atoms with E-state index in [1.807, 2.05) is 73.0 Å². The second kappa shape index (κ2) is 9.86. The number of rotatable bonds is 8. The van der Waals surface area contributed by atoms with Crippen LogP contribution >= 0.6 is 11.3 Å². The summed E-state index contributed by atoms with van der Waals surface area (Å²) in [5, 5.41) is 5.66. The first-order valence-electron chi connectivity index (χ1n) is 9.85. The summed E-state index contributed by atoms with van der Waals surface area (Å²) in [4.78, 5) is 21.3. The van der Waals surface area contributed by atoms with Gasteiger partial charge in [0.15, 0.2) is 5.75 Å². The van der Waals surface area contributed by atoms with Crippen molar-refractivity contribution in [2.75, 3.05) is 11.9 Å². The Bertz CT molecular complexity index is 1140. The second-order valence-electron chi connectivity index (χ2n) is 6.61. The maximum atomic E-state index is 12.6. The summed E-state index contributed by atoms with van der Waals surface area (Å²) in [7, 11) is 0. The number of thiazole rings is 1. The number of nitrogens with one attached hydrogen (secondary N) is 1. The highest BCUT2D eigenvalue weighted by Crippen LogP contribution is 2.30. The van der Waals surface area contributed by atoms with Gasteiger partial charge in [-0.1, -0.05) is 12.1 Å². The number of para-hydroxylation sites is 2. The molecule has 7 heteroatoms. The lowest BCUT2D eigenvalue weighted by Gasteiger charge is -2.12. The van der Waals surface area contributed by atoms with Crippen LogP contribution in [0.3, 0.4) is 0 Å². The van der Waals surface area contributed by atoms with Crippen molar-refractivity contribution in [2.24, 2.45) is 0 Å². The summed E-state index contributed by atoms with van der Waals surface area (Å²) < 4.78 is 11.4. The lowest BCUT2D eigenvalue weighted by atomic mass is 10.2. The fourth-order valence-electron chi connectivity index (χ4n) is 2.93. The molecular formula is C24H21N3O3S. The highest BCUT2D eigenvalue weighted by molar-refractivity contribution is 7.13. The van der Waals surface area contributed by atoms with Gasteiger partial charge < -0.3 is 14.8 Å². The van der Waals surface area contributed by atoms with E-state index in [9.17, 15) is 4.79 Å². The van der Waals surface area contributed by atoms with Gasteiger partial charge in [0.25, 0.3) is 0 Å². The van der Waals surface area contributed by atoms with Crippen molar-refractivity contribution in [3.63, 3.8) is 0 Å². The Kier molecular flexibility index (Phi) is 6.54. The Morgan fingerprint density at radius 3 is 2.61 bits per heavy atom. The molecule has 31 heavy (non-hydrogen) atoms. The van der Waals surface area contributed by atoms with E-state index in [2.05, 4.69) is 15.3 Å². The Morgan fingerprint density at radius 2 is 1.84 bits per heavy atom. The maximum absolute atomic E-state index is 12.6. The van der Waals surface area contributed by atoms with Crippen LogP contribution in [0.5, 0.6) is 17.2 Å². The Hall–Kier alpha value is -3.71. The third-order valence-electron chi connectivity index (χ3n) is 4.33. The number of hydrogen-bond donors (Lipinski definition) is 1. The lowest BCUT2D eigenvalue weighted by Crippen LogP contribution is -2.15. The van der Waals surface area contributed by atoms with Crippen molar-refractivity contribution in [1.29, 1.82) is 0 Å². The molecule has 0 saturated heterocycles. The van der Waals surface area contributed by atoms with Gasteiger partial charge in [-0.25, -0.2) is 4.98 Å². The van der Waals surface area contributed by atoms with Crippen molar-refractivity contribution < 1.29 is 14.3 Å². The monoisotopic (exact) mass is 431 g/mol. The van der Waals surface area contributed by atoms with Crippen LogP contribution in [0, 0.1) is 0 Å². The van der Waals surface area contributed by atoms with Crippen molar-refractivity contribution in [1.82, 2.24) is 9.97 Å². The molecule has 0 fully saturated rings. The van der Waals surface area contributed by atoms with Crippen LogP contribution < -0.4 is 14.8 Å². The molecule has 0 aliphatic heterocycles. The minimum Gasteiger partial charge on any atom is -0.494 e. The number of carbonyl (C=O) groups is 1. The third kappa shape index (κ3) is 5.46. The number of aromatic nitrogens is 2. The number of carbonyl (C=O) groups excluding carboxylic acids is 1. The molecule has 0 aliphatic rings.